The highest BCUT2D eigenvalue weighted by atomic mass is 16.5. The lowest BCUT2D eigenvalue weighted by Crippen LogP contribution is -2.22. The summed E-state index contributed by atoms with van der Waals surface area (Å²) in [6, 6.07) is 13.1. The highest BCUT2D eigenvalue weighted by molar-refractivity contribution is 5.83. The minimum atomic E-state index is -0.660. The van der Waals surface area contributed by atoms with Gasteiger partial charge in [-0.1, -0.05) is 51.1 Å². The average Bonchev–Trinajstić information content (AvgIpc) is 2.59. The van der Waals surface area contributed by atoms with E-state index in [1.54, 1.807) is 6.07 Å². The van der Waals surface area contributed by atoms with Gasteiger partial charge in [0.05, 0.1) is 5.39 Å². The zero-order valence-electron chi connectivity index (χ0n) is 16.0. The van der Waals surface area contributed by atoms with Crippen molar-refractivity contribution in [1.29, 1.82) is 0 Å². The lowest BCUT2D eigenvalue weighted by atomic mass is 9.86. The highest BCUT2D eigenvalue weighted by Gasteiger charge is 2.20. The van der Waals surface area contributed by atoms with Gasteiger partial charge in [0.1, 0.15) is 5.58 Å². The van der Waals surface area contributed by atoms with E-state index in [1.165, 1.54) is 0 Å². The van der Waals surface area contributed by atoms with Crippen LogP contribution in [0.5, 0.6) is 5.75 Å². The van der Waals surface area contributed by atoms with Crippen LogP contribution in [0.2, 0.25) is 0 Å². The molecule has 0 saturated carbocycles. The van der Waals surface area contributed by atoms with Crippen molar-refractivity contribution in [2.75, 3.05) is 6.61 Å². The topological polar surface area (TPSA) is 82.5 Å². The largest absolute Gasteiger partial charge is 0.476 e. The molecule has 3 aromatic rings. The number of fused-ring (bicyclic) bond motifs is 1. The number of primary amides is 1. The Hall–Kier alpha value is -3.08. The normalized spacial score (nSPS) is 11.6. The van der Waals surface area contributed by atoms with Crippen LogP contribution in [0.3, 0.4) is 0 Å². The summed E-state index contributed by atoms with van der Waals surface area (Å²) in [6.45, 7) is 7.91. The van der Waals surface area contributed by atoms with Gasteiger partial charge in [-0.25, -0.2) is 0 Å². The number of nitrogens with two attached hydrogens (primary N) is 1. The molecule has 0 saturated heterocycles. The van der Waals surface area contributed by atoms with E-state index in [0.717, 1.165) is 11.1 Å². The summed E-state index contributed by atoms with van der Waals surface area (Å²) in [7, 11) is 0. The van der Waals surface area contributed by atoms with Gasteiger partial charge in [0.25, 0.3) is 5.91 Å². The summed E-state index contributed by atoms with van der Waals surface area (Å²) >= 11 is 0. The van der Waals surface area contributed by atoms with E-state index < -0.39 is 12.5 Å². The molecule has 27 heavy (non-hydrogen) atoms. The van der Waals surface area contributed by atoms with Crippen molar-refractivity contribution < 1.29 is 13.9 Å². The van der Waals surface area contributed by atoms with Gasteiger partial charge in [0.2, 0.25) is 11.2 Å². The van der Waals surface area contributed by atoms with Gasteiger partial charge in [-0.05, 0) is 35.6 Å². The van der Waals surface area contributed by atoms with E-state index in [2.05, 4.69) is 20.8 Å². The van der Waals surface area contributed by atoms with Crippen LogP contribution in [0.1, 0.15) is 31.9 Å². The number of benzene rings is 2. The smallest absolute Gasteiger partial charge is 0.255 e. The first-order valence-electron chi connectivity index (χ1n) is 8.76. The van der Waals surface area contributed by atoms with E-state index in [1.807, 2.05) is 43.3 Å². The number of hydrogen-bond donors (Lipinski definition) is 1. The molecule has 1 amide bonds. The summed E-state index contributed by atoms with van der Waals surface area (Å²) in [5, 5.41) is 0.398. The fraction of sp³-hybridized carbons (Fsp3) is 0.273. The fourth-order valence-electron chi connectivity index (χ4n) is 2.87. The molecule has 0 aliphatic rings. The van der Waals surface area contributed by atoms with Gasteiger partial charge in [-0.15, -0.1) is 0 Å². The molecule has 0 aliphatic carbocycles. The third-order valence-corrected chi connectivity index (χ3v) is 4.38. The first kappa shape index (κ1) is 18.7. The van der Waals surface area contributed by atoms with Gasteiger partial charge < -0.3 is 14.9 Å². The Bertz CT molecular complexity index is 1060. The zero-order valence-corrected chi connectivity index (χ0v) is 16.0. The van der Waals surface area contributed by atoms with Crippen LogP contribution in [0.25, 0.3) is 22.3 Å². The van der Waals surface area contributed by atoms with Crippen LogP contribution in [-0.4, -0.2) is 12.5 Å². The second-order valence-electron chi connectivity index (χ2n) is 7.67. The van der Waals surface area contributed by atoms with Crippen LogP contribution in [0, 0.1) is 6.92 Å². The van der Waals surface area contributed by atoms with Crippen molar-refractivity contribution in [2.45, 2.75) is 33.1 Å². The van der Waals surface area contributed by atoms with Crippen molar-refractivity contribution in [3.63, 3.8) is 0 Å². The van der Waals surface area contributed by atoms with Crippen LogP contribution < -0.4 is 15.9 Å². The summed E-state index contributed by atoms with van der Waals surface area (Å²) < 4.78 is 11.5. The maximum absolute atomic E-state index is 12.9. The van der Waals surface area contributed by atoms with E-state index >= 15 is 0 Å². The summed E-state index contributed by atoms with van der Waals surface area (Å²) in [6.07, 6.45) is 0. The third kappa shape index (κ3) is 3.87. The molecule has 0 unspecified atom stereocenters. The van der Waals surface area contributed by atoms with Crippen LogP contribution in [0.4, 0.5) is 0 Å². The molecule has 5 heteroatoms. The van der Waals surface area contributed by atoms with Gasteiger partial charge >= 0.3 is 0 Å². The Kier molecular flexibility index (Phi) is 4.79. The SMILES string of the molecule is Cc1ccc2c(=O)c(OCC(N)=O)c(-c3ccc(C(C)(C)C)cc3)oc2c1. The first-order chi connectivity index (χ1) is 12.7. The van der Waals surface area contributed by atoms with Gasteiger partial charge in [-0.3, -0.25) is 9.59 Å². The molecule has 0 spiro atoms. The molecule has 0 aliphatic heterocycles. The Morgan fingerprint density at radius 1 is 1.11 bits per heavy atom. The van der Waals surface area contributed by atoms with Crippen LogP contribution in [-0.2, 0) is 10.2 Å². The van der Waals surface area contributed by atoms with Crippen molar-refractivity contribution in [3.8, 4) is 17.1 Å². The summed E-state index contributed by atoms with van der Waals surface area (Å²) in [5.74, 6) is -0.374. The molecule has 1 aromatic heterocycles. The molecular weight excluding hydrogens is 342 g/mol. The third-order valence-electron chi connectivity index (χ3n) is 4.38. The number of carbonyl (C=O) groups excluding carboxylic acids is 1. The lowest BCUT2D eigenvalue weighted by Gasteiger charge is -2.19. The van der Waals surface area contributed by atoms with Crippen LogP contribution in [0.15, 0.2) is 51.7 Å². The number of rotatable bonds is 4. The molecule has 0 atom stereocenters. The summed E-state index contributed by atoms with van der Waals surface area (Å²) in [4.78, 5) is 24.1. The second kappa shape index (κ2) is 6.91. The van der Waals surface area contributed by atoms with E-state index in [0.29, 0.717) is 22.3 Å². The van der Waals surface area contributed by atoms with Crippen molar-refractivity contribution in [1.82, 2.24) is 0 Å². The lowest BCUT2D eigenvalue weighted by molar-refractivity contribution is -0.119. The summed E-state index contributed by atoms with van der Waals surface area (Å²) in [5.41, 5.74) is 8.17. The molecule has 0 fully saturated rings. The molecule has 3 rings (SSSR count). The monoisotopic (exact) mass is 365 g/mol. The minimum absolute atomic E-state index is 0.00512. The molecule has 2 aromatic carbocycles. The average molecular weight is 365 g/mol. The number of hydrogen-bond acceptors (Lipinski definition) is 4. The predicted octanol–water partition coefficient (Wildman–Crippen LogP) is 3.93. The second-order valence-corrected chi connectivity index (χ2v) is 7.67. The molecule has 0 bridgehead atoms. The molecule has 5 nitrogen and oxygen atoms in total. The predicted molar refractivity (Wildman–Crippen MR) is 106 cm³/mol. The van der Waals surface area contributed by atoms with Crippen LogP contribution >= 0.6 is 0 Å². The maximum atomic E-state index is 12.9. The molecule has 1 heterocycles. The molecule has 140 valence electrons. The van der Waals surface area contributed by atoms with E-state index in [-0.39, 0.29) is 16.6 Å². The maximum Gasteiger partial charge on any atom is 0.255 e. The molecule has 0 radical (unpaired) electrons. The van der Waals surface area contributed by atoms with Crippen molar-refractivity contribution in [2.24, 2.45) is 5.73 Å². The van der Waals surface area contributed by atoms with Crippen molar-refractivity contribution >= 4 is 16.9 Å². The standard InChI is InChI=1S/C22H23NO4/c1-13-5-10-16-17(11-13)27-20(21(19(16)25)26-12-18(23)24)14-6-8-15(9-7-14)22(2,3)4/h5-11H,12H2,1-4H3,(H2,23,24). The quantitative estimate of drug-likeness (QED) is 0.759. The number of ether oxygens (including phenoxy) is 1. The number of aryl methyl sites for hydroxylation is 1. The molecule has 2 N–H and O–H groups in total. The van der Waals surface area contributed by atoms with Crippen molar-refractivity contribution in [3.05, 3.63) is 63.8 Å². The zero-order chi connectivity index (χ0) is 19.8. The number of amides is 1. The van der Waals surface area contributed by atoms with E-state index in [9.17, 15) is 9.59 Å². The van der Waals surface area contributed by atoms with Gasteiger partial charge in [0.15, 0.2) is 12.4 Å². The number of carbonyl (C=O) groups is 1. The van der Waals surface area contributed by atoms with Gasteiger partial charge in [0, 0.05) is 5.56 Å². The Labute approximate surface area is 157 Å². The Balaban J connectivity index is 2.21. The van der Waals surface area contributed by atoms with Gasteiger partial charge in [-0.2, -0.15) is 0 Å². The molecular formula is C22H23NO4. The first-order valence-corrected chi connectivity index (χ1v) is 8.76. The fourth-order valence-corrected chi connectivity index (χ4v) is 2.87. The minimum Gasteiger partial charge on any atom is -0.476 e. The highest BCUT2D eigenvalue weighted by Crippen LogP contribution is 2.33. The van der Waals surface area contributed by atoms with E-state index in [4.69, 9.17) is 14.9 Å². The Morgan fingerprint density at radius 3 is 2.37 bits per heavy atom. The Morgan fingerprint density at radius 2 is 1.78 bits per heavy atom.